The second-order valence-electron chi connectivity index (χ2n) is 8.10. The van der Waals surface area contributed by atoms with E-state index < -0.39 is 39.3 Å². The minimum Gasteiger partial charge on any atom is -0.466 e. The summed E-state index contributed by atoms with van der Waals surface area (Å²) in [7, 11) is -3.99. The summed E-state index contributed by atoms with van der Waals surface area (Å²) in [6, 6.07) is 16.4. The van der Waals surface area contributed by atoms with Gasteiger partial charge < -0.3 is 9.47 Å². The maximum atomic E-state index is 13.7. The molecule has 0 N–H and O–H groups in total. The van der Waals surface area contributed by atoms with Crippen LogP contribution in [-0.2, 0) is 30.7 Å². The van der Waals surface area contributed by atoms with E-state index in [2.05, 4.69) is 0 Å². The van der Waals surface area contributed by atoms with Crippen LogP contribution in [0.1, 0.15) is 32.8 Å². The van der Waals surface area contributed by atoms with Gasteiger partial charge in [-0.05, 0) is 30.5 Å². The smallest absolute Gasteiger partial charge is 0.410 e. The van der Waals surface area contributed by atoms with E-state index in [0.717, 1.165) is 5.56 Å². The van der Waals surface area contributed by atoms with Gasteiger partial charge in [0, 0.05) is 6.54 Å². The summed E-state index contributed by atoms with van der Waals surface area (Å²) < 4.78 is 38.2. The predicted molar refractivity (Wildman–Crippen MR) is 120 cm³/mol. The van der Waals surface area contributed by atoms with Crippen molar-refractivity contribution in [1.82, 2.24) is 4.90 Å². The maximum absolute atomic E-state index is 13.7. The van der Waals surface area contributed by atoms with Crippen LogP contribution in [0.15, 0.2) is 65.6 Å². The number of rotatable bonds is 9. The molecule has 1 heterocycles. The molecule has 0 aromatic heterocycles. The molecular formula is C24H29NO6S. The number of hydrogen-bond acceptors (Lipinski definition) is 6. The molecule has 0 saturated carbocycles. The van der Waals surface area contributed by atoms with E-state index in [0.29, 0.717) is 0 Å². The fraction of sp³-hybridized carbons (Fsp3) is 0.417. The van der Waals surface area contributed by atoms with Crippen LogP contribution in [0.2, 0.25) is 0 Å². The van der Waals surface area contributed by atoms with Crippen molar-refractivity contribution in [2.24, 2.45) is 5.92 Å². The number of ether oxygens (including phenoxy) is 2. The van der Waals surface area contributed by atoms with E-state index in [-0.39, 0.29) is 30.4 Å². The summed E-state index contributed by atoms with van der Waals surface area (Å²) in [6.45, 7) is 5.72. The fourth-order valence-corrected chi connectivity index (χ4v) is 5.94. The number of benzene rings is 2. The Morgan fingerprint density at radius 1 is 1.06 bits per heavy atom. The number of carbonyl (C=O) groups is 2. The number of carbonyl (C=O) groups excluding carboxylic acids is 2. The highest BCUT2D eigenvalue weighted by Gasteiger charge is 2.52. The quantitative estimate of drug-likeness (QED) is 0.530. The number of cyclic esters (lactones) is 1. The lowest BCUT2D eigenvalue weighted by Crippen LogP contribution is -2.50. The zero-order chi connectivity index (χ0) is 23.3. The van der Waals surface area contributed by atoms with Crippen molar-refractivity contribution >= 4 is 21.9 Å². The van der Waals surface area contributed by atoms with E-state index in [1.807, 2.05) is 44.2 Å². The third kappa shape index (κ3) is 5.12. The van der Waals surface area contributed by atoms with Gasteiger partial charge in [-0.15, -0.1) is 0 Å². The summed E-state index contributed by atoms with van der Waals surface area (Å²) in [6.07, 6.45) is -1.65. The largest absolute Gasteiger partial charge is 0.466 e. The molecule has 0 spiro atoms. The lowest BCUT2D eigenvalue weighted by molar-refractivity contribution is -0.143. The Morgan fingerprint density at radius 3 is 2.22 bits per heavy atom. The Labute approximate surface area is 189 Å². The summed E-state index contributed by atoms with van der Waals surface area (Å²) in [4.78, 5) is 26.9. The van der Waals surface area contributed by atoms with Gasteiger partial charge in [0.1, 0.15) is 11.4 Å². The van der Waals surface area contributed by atoms with Gasteiger partial charge >= 0.3 is 12.1 Å². The van der Waals surface area contributed by atoms with Crippen molar-refractivity contribution < 1.29 is 27.5 Å². The van der Waals surface area contributed by atoms with Crippen LogP contribution >= 0.6 is 0 Å². The minimum absolute atomic E-state index is 0.0933. The van der Waals surface area contributed by atoms with E-state index in [4.69, 9.17) is 9.47 Å². The molecule has 3 atom stereocenters. The molecule has 0 aliphatic carbocycles. The van der Waals surface area contributed by atoms with E-state index in [9.17, 15) is 18.0 Å². The van der Waals surface area contributed by atoms with Crippen LogP contribution in [0, 0.1) is 5.92 Å². The number of amides is 1. The van der Waals surface area contributed by atoms with Gasteiger partial charge in [0.2, 0.25) is 0 Å². The van der Waals surface area contributed by atoms with Gasteiger partial charge in [-0.2, -0.15) is 0 Å². The molecule has 1 aliphatic heterocycles. The molecule has 0 bridgehead atoms. The van der Waals surface area contributed by atoms with Crippen LogP contribution in [0.25, 0.3) is 0 Å². The van der Waals surface area contributed by atoms with Crippen LogP contribution in [0.4, 0.5) is 4.79 Å². The fourth-order valence-electron chi connectivity index (χ4n) is 4.03. The molecule has 0 radical (unpaired) electrons. The first-order chi connectivity index (χ1) is 15.3. The summed E-state index contributed by atoms with van der Waals surface area (Å²) in [5.74, 6) is -0.779. The third-order valence-electron chi connectivity index (χ3n) is 5.55. The molecule has 1 aliphatic rings. The highest BCUT2D eigenvalue weighted by molar-refractivity contribution is 7.92. The Bertz CT molecular complexity index is 1020. The molecule has 172 valence electrons. The Balaban J connectivity index is 2.08. The molecule has 1 fully saturated rings. The SMILES string of the molecule is CCOC(=O)CC([C@H]1[C@H](C(C)C)OC(=O)N1Cc1ccccc1)S(=O)(=O)c1ccccc1. The van der Waals surface area contributed by atoms with Crippen molar-refractivity contribution in [3.63, 3.8) is 0 Å². The van der Waals surface area contributed by atoms with E-state index in [1.165, 1.54) is 17.0 Å². The normalized spacial score (nSPS) is 19.6. The first kappa shape index (κ1) is 23.8. The topological polar surface area (TPSA) is 90.0 Å². The van der Waals surface area contributed by atoms with Gasteiger partial charge in [-0.25, -0.2) is 13.2 Å². The average molecular weight is 460 g/mol. The lowest BCUT2D eigenvalue weighted by Gasteiger charge is -2.32. The number of esters is 1. The van der Waals surface area contributed by atoms with Crippen LogP contribution in [-0.4, -0.2) is 49.4 Å². The molecule has 32 heavy (non-hydrogen) atoms. The van der Waals surface area contributed by atoms with Crippen LogP contribution in [0.3, 0.4) is 0 Å². The second-order valence-corrected chi connectivity index (χ2v) is 10.3. The molecule has 2 aromatic carbocycles. The van der Waals surface area contributed by atoms with Crippen LogP contribution < -0.4 is 0 Å². The van der Waals surface area contributed by atoms with Crippen molar-refractivity contribution in [3.05, 3.63) is 66.2 Å². The second kappa shape index (κ2) is 10.2. The number of sulfone groups is 1. The highest BCUT2D eigenvalue weighted by Crippen LogP contribution is 2.35. The van der Waals surface area contributed by atoms with Crippen molar-refractivity contribution in [2.75, 3.05) is 6.61 Å². The molecule has 3 rings (SSSR count). The zero-order valence-electron chi connectivity index (χ0n) is 18.5. The predicted octanol–water partition coefficient (Wildman–Crippen LogP) is 3.83. The summed E-state index contributed by atoms with van der Waals surface area (Å²) in [5.41, 5.74) is 0.839. The van der Waals surface area contributed by atoms with Crippen molar-refractivity contribution in [3.8, 4) is 0 Å². The van der Waals surface area contributed by atoms with Crippen molar-refractivity contribution in [2.45, 2.75) is 56.0 Å². The Kier molecular flexibility index (Phi) is 7.56. The lowest BCUT2D eigenvalue weighted by atomic mass is 9.95. The molecule has 1 unspecified atom stereocenters. The molecule has 7 nitrogen and oxygen atoms in total. The minimum atomic E-state index is -3.99. The van der Waals surface area contributed by atoms with Crippen LogP contribution in [0.5, 0.6) is 0 Å². The standard InChI is InChI=1S/C24H29NO6S/c1-4-30-21(26)15-20(32(28,29)19-13-9-6-10-14-19)22-23(17(2)3)31-24(27)25(22)16-18-11-7-5-8-12-18/h5-14,17,20,22-23H,4,15-16H2,1-3H3/t20?,22-,23-/m0/s1. The van der Waals surface area contributed by atoms with Gasteiger partial charge in [-0.1, -0.05) is 62.4 Å². The van der Waals surface area contributed by atoms with E-state index >= 15 is 0 Å². The third-order valence-corrected chi connectivity index (χ3v) is 7.72. The Morgan fingerprint density at radius 2 is 1.66 bits per heavy atom. The first-order valence-corrected chi connectivity index (χ1v) is 12.3. The first-order valence-electron chi connectivity index (χ1n) is 10.7. The molecular weight excluding hydrogens is 430 g/mol. The van der Waals surface area contributed by atoms with Gasteiger partial charge in [-0.3, -0.25) is 9.69 Å². The molecule has 1 amide bonds. The maximum Gasteiger partial charge on any atom is 0.410 e. The number of nitrogens with zero attached hydrogens (tertiary/aromatic N) is 1. The molecule has 1 saturated heterocycles. The molecule has 8 heteroatoms. The number of hydrogen-bond donors (Lipinski definition) is 0. The Hall–Kier alpha value is -2.87. The molecule has 2 aromatic rings. The summed E-state index contributed by atoms with van der Waals surface area (Å²) in [5, 5.41) is -1.22. The zero-order valence-corrected chi connectivity index (χ0v) is 19.3. The van der Waals surface area contributed by atoms with Crippen molar-refractivity contribution in [1.29, 1.82) is 0 Å². The van der Waals surface area contributed by atoms with E-state index in [1.54, 1.807) is 25.1 Å². The van der Waals surface area contributed by atoms with Gasteiger partial charge in [0.15, 0.2) is 9.84 Å². The highest BCUT2D eigenvalue weighted by atomic mass is 32.2. The van der Waals surface area contributed by atoms with Gasteiger partial charge in [0.25, 0.3) is 0 Å². The summed E-state index contributed by atoms with van der Waals surface area (Å²) >= 11 is 0. The monoisotopic (exact) mass is 459 g/mol. The van der Waals surface area contributed by atoms with Gasteiger partial charge in [0.05, 0.1) is 24.0 Å². The average Bonchev–Trinajstić information content (AvgIpc) is 3.09.